The maximum absolute atomic E-state index is 12.5. The molecule has 0 radical (unpaired) electrons. The van der Waals surface area contributed by atoms with Gasteiger partial charge in [0.1, 0.15) is 5.69 Å². The van der Waals surface area contributed by atoms with E-state index >= 15 is 0 Å². The highest BCUT2D eigenvalue weighted by Crippen LogP contribution is 2.26. The first-order valence-electron chi connectivity index (χ1n) is 8.21. The molecule has 1 aliphatic rings. The zero-order valence-electron chi connectivity index (χ0n) is 13.2. The molecule has 122 valence electrons. The van der Waals surface area contributed by atoms with Crippen molar-refractivity contribution in [2.45, 2.75) is 18.9 Å². The summed E-state index contributed by atoms with van der Waals surface area (Å²) in [6.07, 6.45) is 5.60. The molecule has 1 amide bonds. The lowest BCUT2D eigenvalue weighted by Gasteiger charge is -2.23. The van der Waals surface area contributed by atoms with Crippen molar-refractivity contribution in [1.29, 1.82) is 0 Å². The highest BCUT2D eigenvalue weighted by Gasteiger charge is 2.17. The minimum Gasteiger partial charge on any atom is -0.348 e. The number of H-pyrrole nitrogens is 1. The predicted octanol–water partition coefficient (Wildman–Crippen LogP) is 2.11. The van der Waals surface area contributed by atoms with Crippen LogP contribution in [0.5, 0.6) is 0 Å². The Hall–Kier alpha value is -2.73. The predicted molar refractivity (Wildman–Crippen MR) is 92.7 cm³/mol. The van der Waals surface area contributed by atoms with Gasteiger partial charge in [-0.05, 0) is 49.7 Å². The van der Waals surface area contributed by atoms with E-state index in [1.807, 2.05) is 30.3 Å². The van der Waals surface area contributed by atoms with E-state index in [9.17, 15) is 4.79 Å². The summed E-state index contributed by atoms with van der Waals surface area (Å²) in [7, 11) is 0. The molecule has 0 saturated carbocycles. The van der Waals surface area contributed by atoms with Gasteiger partial charge in [0.25, 0.3) is 5.91 Å². The zero-order valence-corrected chi connectivity index (χ0v) is 13.2. The van der Waals surface area contributed by atoms with Crippen LogP contribution in [-0.2, 0) is 0 Å². The number of pyridine rings is 1. The Morgan fingerprint density at radius 2 is 2.08 bits per heavy atom. The smallest absolute Gasteiger partial charge is 0.251 e. The number of rotatable bonds is 3. The average Bonchev–Trinajstić information content (AvgIpc) is 3.06. The summed E-state index contributed by atoms with van der Waals surface area (Å²) < 4.78 is 0. The zero-order chi connectivity index (χ0) is 16.4. The Kier molecular flexibility index (Phi) is 3.96. The van der Waals surface area contributed by atoms with Crippen LogP contribution in [0.2, 0.25) is 0 Å². The number of amides is 1. The Morgan fingerprint density at radius 1 is 1.21 bits per heavy atom. The van der Waals surface area contributed by atoms with Crippen LogP contribution in [0, 0.1) is 0 Å². The maximum Gasteiger partial charge on any atom is 0.251 e. The van der Waals surface area contributed by atoms with Crippen molar-refractivity contribution >= 4 is 16.8 Å². The number of hydrogen-bond acceptors (Lipinski definition) is 4. The molecule has 1 aliphatic heterocycles. The maximum atomic E-state index is 12.5. The quantitative estimate of drug-likeness (QED) is 0.690. The van der Waals surface area contributed by atoms with E-state index in [1.165, 1.54) is 0 Å². The summed E-state index contributed by atoms with van der Waals surface area (Å²) in [6.45, 7) is 1.87. The third kappa shape index (κ3) is 2.88. The molecule has 0 bridgehead atoms. The standard InChI is InChI=1S/C18H19N5O/c24-18(21-14-2-1-7-20-11-14)13-3-4-16-15(10-13)17(23-22-16)12-5-8-19-9-6-12/h3-6,8-10,14,20H,1-2,7,11H2,(H,21,24)(H,22,23). The van der Waals surface area contributed by atoms with E-state index in [2.05, 4.69) is 25.8 Å². The minimum absolute atomic E-state index is 0.0347. The molecule has 6 heteroatoms. The van der Waals surface area contributed by atoms with Gasteiger partial charge in [-0.2, -0.15) is 5.10 Å². The monoisotopic (exact) mass is 321 g/mol. The summed E-state index contributed by atoms with van der Waals surface area (Å²) in [5.74, 6) is -0.0347. The van der Waals surface area contributed by atoms with Gasteiger partial charge in [0, 0.05) is 41.5 Å². The van der Waals surface area contributed by atoms with Crippen molar-refractivity contribution in [3.63, 3.8) is 0 Å². The Bertz CT molecular complexity index is 852. The lowest BCUT2D eigenvalue weighted by Crippen LogP contribution is -2.45. The van der Waals surface area contributed by atoms with E-state index in [1.54, 1.807) is 12.4 Å². The number of hydrogen-bond donors (Lipinski definition) is 3. The molecule has 3 aromatic rings. The summed E-state index contributed by atoms with van der Waals surface area (Å²) >= 11 is 0. The van der Waals surface area contributed by atoms with Gasteiger partial charge in [0.2, 0.25) is 0 Å². The van der Waals surface area contributed by atoms with Crippen LogP contribution in [0.4, 0.5) is 0 Å². The van der Waals surface area contributed by atoms with Crippen molar-refractivity contribution < 1.29 is 4.79 Å². The Balaban J connectivity index is 1.63. The number of nitrogens with one attached hydrogen (secondary N) is 3. The van der Waals surface area contributed by atoms with E-state index in [-0.39, 0.29) is 11.9 Å². The lowest BCUT2D eigenvalue weighted by molar-refractivity contribution is 0.0931. The summed E-state index contributed by atoms with van der Waals surface area (Å²) in [6, 6.07) is 9.67. The van der Waals surface area contributed by atoms with Gasteiger partial charge in [-0.15, -0.1) is 0 Å². The first kappa shape index (κ1) is 14.8. The molecule has 6 nitrogen and oxygen atoms in total. The SMILES string of the molecule is O=C(NC1CCCNC1)c1ccc2[nH]nc(-c3ccncc3)c2c1. The molecule has 0 spiro atoms. The van der Waals surface area contributed by atoms with E-state index in [0.717, 1.165) is 48.1 Å². The summed E-state index contributed by atoms with van der Waals surface area (Å²) in [5, 5.41) is 14.8. The number of aromatic nitrogens is 3. The minimum atomic E-state index is -0.0347. The number of aromatic amines is 1. The number of fused-ring (bicyclic) bond motifs is 1. The van der Waals surface area contributed by atoms with Crippen molar-refractivity contribution in [1.82, 2.24) is 25.8 Å². The van der Waals surface area contributed by atoms with Crippen molar-refractivity contribution in [2.75, 3.05) is 13.1 Å². The third-order valence-electron chi connectivity index (χ3n) is 4.41. The molecule has 1 unspecified atom stereocenters. The second-order valence-electron chi connectivity index (χ2n) is 6.09. The fourth-order valence-electron chi connectivity index (χ4n) is 3.13. The molecule has 3 heterocycles. The second kappa shape index (κ2) is 6.41. The van der Waals surface area contributed by atoms with Crippen LogP contribution < -0.4 is 10.6 Å². The molecule has 1 atom stereocenters. The van der Waals surface area contributed by atoms with Crippen molar-refractivity contribution in [3.8, 4) is 11.3 Å². The Labute approximate surface area is 139 Å². The largest absolute Gasteiger partial charge is 0.348 e. The van der Waals surface area contributed by atoms with Crippen LogP contribution in [0.25, 0.3) is 22.2 Å². The first-order valence-corrected chi connectivity index (χ1v) is 8.21. The number of piperidine rings is 1. The third-order valence-corrected chi connectivity index (χ3v) is 4.41. The average molecular weight is 321 g/mol. The van der Waals surface area contributed by atoms with Crippen LogP contribution >= 0.6 is 0 Å². The van der Waals surface area contributed by atoms with Gasteiger partial charge >= 0.3 is 0 Å². The van der Waals surface area contributed by atoms with Crippen LogP contribution in [0.3, 0.4) is 0 Å². The normalized spacial score (nSPS) is 17.8. The van der Waals surface area contributed by atoms with Crippen LogP contribution in [0.15, 0.2) is 42.7 Å². The molecular formula is C18H19N5O. The summed E-state index contributed by atoms with van der Waals surface area (Å²) in [4.78, 5) is 16.6. The highest BCUT2D eigenvalue weighted by atomic mass is 16.1. The van der Waals surface area contributed by atoms with E-state index in [4.69, 9.17) is 0 Å². The molecular weight excluding hydrogens is 302 g/mol. The van der Waals surface area contributed by atoms with Gasteiger partial charge in [0.15, 0.2) is 0 Å². The molecule has 1 fully saturated rings. The van der Waals surface area contributed by atoms with Gasteiger partial charge in [-0.25, -0.2) is 0 Å². The molecule has 1 aromatic carbocycles. The number of nitrogens with zero attached hydrogens (tertiary/aromatic N) is 2. The second-order valence-corrected chi connectivity index (χ2v) is 6.09. The van der Waals surface area contributed by atoms with E-state index < -0.39 is 0 Å². The number of benzene rings is 1. The van der Waals surface area contributed by atoms with Crippen LogP contribution in [0.1, 0.15) is 23.2 Å². The molecule has 3 N–H and O–H groups in total. The first-order chi connectivity index (χ1) is 11.8. The molecule has 1 saturated heterocycles. The molecule has 2 aromatic heterocycles. The number of carbonyl (C=O) groups excluding carboxylic acids is 1. The molecule has 4 rings (SSSR count). The van der Waals surface area contributed by atoms with Crippen molar-refractivity contribution in [3.05, 3.63) is 48.3 Å². The topological polar surface area (TPSA) is 82.7 Å². The molecule has 0 aliphatic carbocycles. The van der Waals surface area contributed by atoms with Gasteiger partial charge in [0.05, 0.1) is 5.52 Å². The highest BCUT2D eigenvalue weighted by molar-refractivity contribution is 6.01. The molecule has 24 heavy (non-hydrogen) atoms. The van der Waals surface area contributed by atoms with Gasteiger partial charge < -0.3 is 10.6 Å². The van der Waals surface area contributed by atoms with E-state index in [0.29, 0.717) is 5.56 Å². The summed E-state index contributed by atoms with van der Waals surface area (Å²) in [5.41, 5.74) is 3.38. The Morgan fingerprint density at radius 3 is 2.88 bits per heavy atom. The lowest BCUT2D eigenvalue weighted by atomic mass is 10.0. The fourth-order valence-corrected chi connectivity index (χ4v) is 3.13. The fraction of sp³-hybridized carbons (Fsp3) is 0.278. The van der Waals surface area contributed by atoms with Gasteiger partial charge in [-0.1, -0.05) is 0 Å². The van der Waals surface area contributed by atoms with Crippen LogP contribution in [-0.4, -0.2) is 40.2 Å². The van der Waals surface area contributed by atoms with Crippen molar-refractivity contribution in [2.24, 2.45) is 0 Å². The number of carbonyl (C=O) groups is 1. The van der Waals surface area contributed by atoms with Gasteiger partial charge in [-0.3, -0.25) is 14.9 Å².